The maximum Gasteiger partial charge on any atom is 0.118 e. The molecule has 2 nitrogen and oxygen atoms in total. The van der Waals surface area contributed by atoms with E-state index in [1.165, 1.54) is 11.3 Å². The minimum absolute atomic E-state index is 0.725. The lowest BCUT2D eigenvalue weighted by atomic mass is 10.6. The first-order valence-corrected chi connectivity index (χ1v) is 4.34. The van der Waals surface area contributed by atoms with E-state index in [1.807, 2.05) is 31.3 Å². The number of rotatable bonds is 2. The van der Waals surface area contributed by atoms with E-state index in [0.29, 0.717) is 0 Å². The predicted octanol–water partition coefficient (Wildman–Crippen LogP) is 2.33. The minimum atomic E-state index is 0.725. The molecule has 1 rings (SSSR count). The van der Waals surface area contributed by atoms with Gasteiger partial charge in [0.05, 0.1) is 6.20 Å². The largest absolute Gasteiger partial charge is 0.383 e. The normalized spacial score (nSPS) is 10.8. The van der Waals surface area contributed by atoms with Crippen LogP contribution in [0.15, 0.2) is 12.4 Å². The van der Waals surface area contributed by atoms with Crippen LogP contribution >= 0.6 is 22.9 Å². The van der Waals surface area contributed by atoms with Gasteiger partial charge in [-0.3, -0.25) is 0 Å². The number of aromatic nitrogens is 1. The average Bonchev–Trinajstić information content (AvgIpc) is 2.31. The molecule has 0 radical (unpaired) electrons. The number of hydrogen-bond acceptors (Lipinski definition) is 3. The Labute approximate surface area is 75.1 Å². The van der Waals surface area contributed by atoms with Gasteiger partial charge in [-0.25, -0.2) is 4.98 Å². The molecule has 60 valence electrons. The second kappa shape index (κ2) is 3.74. The van der Waals surface area contributed by atoms with Gasteiger partial charge in [0.2, 0.25) is 0 Å². The van der Waals surface area contributed by atoms with Crippen molar-refractivity contribution >= 4 is 29.0 Å². The fourth-order valence-electron chi connectivity index (χ4n) is 0.557. The van der Waals surface area contributed by atoms with Crippen LogP contribution in [0.4, 0.5) is 0 Å². The molecule has 0 fully saturated rings. The van der Waals surface area contributed by atoms with Crippen LogP contribution in [0, 0.1) is 0 Å². The van der Waals surface area contributed by atoms with Gasteiger partial charge in [-0.05, 0) is 6.08 Å². The fraction of sp³-hybridized carbons (Fsp3) is 0.286. The molecule has 1 aromatic heterocycles. The summed E-state index contributed by atoms with van der Waals surface area (Å²) in [6, 6.07) is 0. The molecule has 4 heteroatoms. The maximum atomic E-state index is 5.68. The van der Waals surface area contributed by atoms with Crippen LogP contribution in [0.25, 0.3) is 6.08 Å². The van der Waals surface area contributed by atoms with Gasteiger partial charge in [0, 0.05) is 20.3 Å². The van der Waals surface area contributed by atoms with Crippen molar-refractivity contribution in [2.24, 2.45) is 0 Å². The molecule has 0 aromatic carbocycles. The van der Waals surface area contributed by atoms with Crippen LogP contribution in [0.2, 0.25) is 4.34 Å². The van der Waals surface area contributed by atoms with Crippen molar-refractivity contribution in [1.29, 1.82) is 0 Å². The molecule has 1 aromatic rings. The molecule has 0 unspecified atom stereocenters. The van der Waals surface area contributed by atoms with E-state index in [0.717, 1.165) is 9.34 Å². The predicted molar refractivity (Wildman–Crippen MR) is 49.8 cm³/mol. The molecule has 0 saturated carbocycles. The van der Waals surface area contributed by atoms with E-state index >= 15 is 0 Å². The highest BCUT2D eigenvalue weighted by atomic mass is 35.5. The third-order valence-corrected chi connectivity index (χ3v) is 2.09. The van der Waals surface area contributed by atoms with Crippen molar-refractivity contribution in [2.75, 3.05) is 14.1 Å². The Kier molecular flexibility index (Phi) is 2.91. The standard InChI is InChI=1S/C7H9ClN2S/c1-10(2)4-3-7-9-5-6(8)11-7/h3-5H,1-2H3/b4-3+. The number of halogens is 1. The van der Waals surface area contributed by atoms with E-state index in [2.05, 4.69) is 4.98 Å². The Bertz CT molecular complexity index is 255. The monoisotopic (exact) mass is 188 g/mol. The van der Waals surface area contributed by atoms with Crippen molar-refractivity contribution in [2.45, 2.75) is 0 Å². The van der Waals surface area contributed by atoms with Crippen LogP contribution in [0.5, 0.6) is 0 Å². The molecule has 0 aliphatic carbocycles. The van der Waals surface area contributed by atoms with Gasteiger partial charge in [-0.2, -0.15) is 0 Å². The van der Waals surface area contributed by atoms with Crippen molar-refractivity contribution in [3.8, 4) is 0 Å². The lowest BCUT2D eigenvalue weighted by molar-refractivity contribution is 0.567. The Morgan fingerprint density at radius 1 is 1.64 bits per heavy atom. The summed E-state index contributed by atoms with van der Waals surface area (Å²) in [5.74, 6) is 0. The van der Waals surface area contributed by atoms with E-state index in [1.54, 1.807) is 6.20 Å². The zero-order chi connectivity index (χ0) is 8.27. The molecule has 0 spiro atoms. The fourth-order valence-corrected chi connectivity index (χ4v) is 1.38. The molecule has 0 N–H and O–H groups in total. The highest BCUT2D eigenvalue weighted by Gasteiger charge is 1.93. The van der Waals surface area contributed by atoms with E-state index in [-0.39, 0.29) is 0 Å². The summed E-state index contributed by atoms with van der Waals surface area (Å²) >= 11 is 7.15. The number of thiazole rings is 1. The van der Waals surface area contributed by atoms with Crippen LogP contribution < -0.4 is 0 Å². The lowest BCUT2D eigenvalue weighted by Gasteiger charge is -2.00. The van der Waals surface area contributed by atoms with Gasteiger partial charge in [0.25, 0.3) is 0 Å². The van der Waals surface area contributed by atoms with E-state index < -0.39 is 0 Å². The van der Waals surface area contributed by atoms with Gasteiger partial charge < -0.3 is 4.90 Å². The first kappa shape index (κ1) is 8.56. The number of nitrogens with zero attached hydrogens (tertiary/aromatic N) is 2. The summed E-state index contributed by atoms with van der Waals surface area (Å²) in [5, 5.41) is 0.934. The van der Waals surface area contributed by atoms with Crippen molar-refractivity contribution < 1.29 is 0 Å². The summed E-state index contributed by atoms with van der Waals surface area (Å²) in [6.45, 7) is 0. The summed E-state index contributed by atoms with van der Waals surface area (Å²) in [6.07, 6.45) is 5.52. The second-order valence-electron chi connectivity index (χ2n) is 2.28. The molecule has 0 amide bonds. The first-order chi connectivity index (χ1) is 5.18. The van der Waals surface area contributed by atoms with Crippen molar-refractivity contribution in [3.63, 3.8) is 0 Å². The van der Waals surface area contributed by atoms with E-state index in [9.17, 15) is 0 Å². The molecule has 0 saturated heterocycles. The van der Waals surface area contributed by atoms with Gasteiger partial charge in [0.1, 0.15) is 9.34 Å². The zero-order valence-corrected chi connectivity index (χ0v) is 7.99. The Morgan fingerprint density at radius 3 is 2.82 bits per heavy atom. The molecule has 0 atom stereocenters. The van der Waals surface area contributed by atoms with E-state index in [4.69, 9.17) is 11.6 Å². The van der Waals surface area contributed by atoms with Gasteiger partial charge in [-0.15, -0.1) is 11.3 Å². The van der Waals surface area contributed by atoms with Gasteiger partial charge >= 0.3 is 0 Å². The molecular weight excluding hydrogens is 180 g/mol. The SMILES string of the molecule is CN(C)/C=C/c1ncc(Cl)s1. The summed E-state index contributed by atoms with van der Waals surface area (Å²) in [7, 11) is 3.93. The van der Waals surface area contributed by atoms with Gasteiger partial charge in [0.15, 0.2) is 0 Å². The van der Waals surface area contributed by atoms with Crippen molar-refractivity contribution in [1.82, 2.24) is 9.88 Å². The smallest absolute Gasteiger partial charge is 0.118 e. The maximum absolute atomic E-state index is 5.68. The minimum Gasteiger partial charge on any atom is -0.383 e. The highest BCUT2D eigenvalue weighted by molar-refractivity contribution is 7.16. The molecule has 0 bridgehead atoms. The Hall–Kier alpha value is -0.540. The highest BCUT2D eigenvalue weighted by Crippen LogP contribution is 2.18. The third kappa shape index (κ3) is 2.91. The molecule has 11 heavy (non-hydrogen) atoms. The lowest BCUT2D eigenvalue weighted by Crippen LogP contribution is -1.99. The third-order valence-electron chi connectivity index (χ3n) is 1.01. The van der Waals surface area contributed by atoms with Crippen LogP contribution in [-0.4, -0.2) is 24.0 Å². The van der Waals surface area contributed by atoms with Crippen molar-refractivity contribution in [3.05, 3.63) is 21.7 Å². The Morgan fingerprint density at radius 2 is 2.36 bits per heavy atom. The first-order valence-electron chi connectivity index (χ1n) is 3.14. The number of hydrogen-bond donors (Lipinski definition) is 0. The van der Waals surface area contributed by atoms with Crippen LogP contribution in [-0.2, 0) is 0 Å². The average molecular weight is 189 g/mol. The second-order valence-corrected chi connectivity index (χ2v) is 3.98. The van der Waals surface area contributed by atoms with Crippen LogP contribution in [0.1, 0.15) is 5.01 Å². The molecular formula is C7H9ClN2S. The molecule has 1 heterocycles. The summed E-state index contributed by atoms with van der Waals surface area (Å²) in [5.41, 5.74) is 0. The molecule has 0 aliphatic rings. The quantitative estimate of drug-likeness (QED) is 0.708. The van der Waals surface area contributed by atoms with Crippen LogP contribution in [0.3, 0.4) is 0 Å². The van der Waals surface area contributed by atoms with Gasteiger partial charge in [-0.1, -0.05) is 11.6 Å². The topological polar surface area (TPSA) is 16.1 Å². The molecule has 0 aliphatic heterocycles. The Balaban J connectivity index is 2.64. The summed E-state index contributed by atoms with van der Waals surface area (Å²) in [4.78, 5) is 6.01. The summed E-state index contributed by atoms with van der Waals surface area (Å²) < 4.78 is 0.725. The zero-order valence-electron chi connectivity index (χ0n) is 6.41.